The van der Waals surface area contributed by atoms with Crippen LogP contribution in [0.1, 0.15) is 68.4 Å². The first-order chi connectivity index (χ1) is 24.9. The van der Waals surface area contributed by atoms with Crippen LogP contribution >= 0.6 is 0 Å². The van der Waals surface area contributed by atoms with Gasteiger partial charge in [0.2, 0.25) is 0 Å². The predicted molar refractivity (Wildman–Crippen MR) is 214 cm³/mol. The number of rotatable bonds is 2. The van der Waals surface area contributed by atoms with Gasteiger partial charge >= 0.3 is 6.98 Å². The van der Waals surface area contributed by atoms with Gasteiger partial charge in [-0.25, -0.2) is 0 Å². The van der Waals surface area contributed by atoms with Crippen LogP contribution in [-0.4, -0.2) is 6.98 Å². The highest BCUT2D eigenvalue weighted by molar-refractivity contribution is 6.85. The van der Waals surface area contributed by atoms with Crippen LogP contribution in [0.25, 0.3) is 33.4 Å². The molecule has 0 aromatic heterocycles. The van der Waals surface area contributed by atoms with Crippen molar-refractivity contribution in [2.45, 2.75) is 51.4 Å². The molecule has 6 aliphatic rings. The van der Waals surface area contributed by atoms with Crippen LogP contribution in [0.3, 0.4) is 0 Å². The van der Waals surface area contributed by atoms with Crippen molar-refractivity contribution in [3.05, 3.63) is 178 Å². The lowest BCUT2D eigenvalue weighted by molar-refractivity contribution is 0.660. The van der Waals surface area contributed by atoms with E-state index in [2.05, 4.69) is 170 Å². The minimum atomic E-state index is -0.136. The van der Waals surface area contributed by atoms with Gasteiger partial charge in [-0.2, -0.15) is 0 Å². The Morgan fingerprint density at radius 2 is 1.25 bits per heavy atom. The van der Waals surface area contributed by atoms with E-state index in [9.17, 15) is 0 Å². The van der Waals surface area contributed by atoms with Crippen molar-refractivity contribution in [2.24, 2.45) is 0 Å². The SMILES string of the molecule is CC1(C)C2=CC=C=C=C2c2c(N3B4c5c(cccc5-c5ccccc5N4c4cccc5c4-c4ccccc4C5(C)C)C4=C3CCC=C4)cccc21. The number of nitrogens with zero attached hydrogens (tertiary/aromatic N) is 2. The van der Waals surface area contributed by atoms with E-state index in [4.69, 9.17) is 0 Å². The largest absolute Gasteiger partial charge is 0.421 e. The number of anilines is 3. The third-order valence-electron chi connectivity index (χ3n) is 12.6. The van der Waals surface area contributed by atoms with Gasteiger partial charge in [-0.15, -0.1) is 0 Å². The van der Waals surface area contributed by atoms with E-state index in [1.165, 1.54) is 95.0 Å². The second kappa shape index (κ2) is 9.96. The fourth-order valence-corrected chi connectivity index (χ4v) is 10.3. The number of benzene rings is 5. The molecule has 242 valence electrons. The number of para-hydroxylation sites is 1. The van der Waals surface area contributed by atoms with Crippen molar-refractivity contribution in [1.82, 2.24) is 0 Å². The fraction of sp³-hybridized carbons (Fsp3) is 0.167. The molecule has 2 heterocycles. The Morgan fingerprint density at radius 1 is 0.608 bits per heavy atom. The summed E-state index contributed by atoms with van der Waals surface area (Å²) >= 11 is 0. The van der Waals surface area contributed by atoms with Crippen LogP contribution in [0.15, 0.2) is 150 Å². The standard InChI is InChI=1S/C48H37BN2/c1-47(2)36-22-9-5-18-34(36)44-38(47)24-14-28-42(44)50-40-26-11-7-16-30(40)32-20-13-21-33-31-17-8-12-27-41(31)51(49(50)46(32)33)43-29-15-25-39-45(43)35-19-6-10-23-37(35)48(39,3)4/h5,7-11,13-18,20-26,28-29H,12,27H2,1-4H3. The van der Waals surface area contributed by atoms with Gasteiger partial charge in [-0.1, -0.05) is 136 Å². The Labute approximate surface area is 300 Å². The molecule has 0 amide bonds. The smallest absolute Gasteiger partial charge is 0.364 e. The lowest BCUT2D eigenvalue weighted by Crippen LogP contribution is -2.64. The molecule has 0 saturated heterocycles. The molecule has 0 bridgehead atoms. The van der Waals surface area contributed by atoms with Crippen LogP contribution < -0.4 is 15.1 Å². The summed E-state index contributed by atoms with van der Waals surface area (Å²) in [4.78, 5) is 5.43. The maximum Gasteiger partial charge on any atom is 0.421 e. The summed E-state index contributed by atoms with van der Waals surface area (Å²) < 4.78 is 0. The zero-order chi connectivity index (χ0) is 34.2. The summed E-state index contributed by atoms with van der Waals surface area (Å²) in [7, 11) is 0. The Hall–Kier alpha value is -5.72. The molecule has 4 aliphatic carbocycles. The number of fused-ring (bicyclic) bond motifs is 9. The second-order valence-electron chi connectivity index (χ2n) is 15.8. The van der Waals surface area contributed by atoms with Crippen LogP contribution in [-0.2, 0) is 10.8 Å². The Kier molecular flexibility index (Phi) is 5.67. The third-order valence-corrected chi connectivity index (χ3v) is 12.6. The summed E-state index contributed by atoms with van der Waals surface area (Å²) in [6.45, 7) is 9.39. The van der Waals surface area contributed by atoms with Gasteiger partial charge in [0, 0.05) is 55.9 Å². The van der Waals surface area contributed by atoms with Gasteiger partial charge < -0.3 is 9.62 Å². The monoisotopic (exact) mass is 652 g/mol. The molecule has 0 fully saturated rings. The molecule has 2 nitrogen and oxygen atoms in total. The normalized spacial score (nSPS) is 18.7. The van der Waals surface area contributed by atoms with Gasteiger partial charge in [-0.3, -0.25) is 0 Å². The number of allylic oxidation sites excluding steroid dienone is 8. The van der Waals surface area contributed by atoms with E-state index in [1.807, 2.05) is 6.08 Å². The summed E-state index contributed by atoms with van der Waals surface area (Å²) in [6, 6.07) is 39.1. The highest BCUT2D eigenvalue weighted by Crippen LogP contribution is 2.58. The first-order valence-corrected chi connectivity index (χ1v) is 18.4. The van der Waals surface area contributed by atoms with E-state index < -0.39 is 0 Å². The molecule has 5 aromatic rings. The minimum Gasteiger partial charge on any atom is -0.364 e. The van der Waals surface area contributed by atoms with E-state index >= 15 is 0 Å². The van der Waals surface area contributed by atoms with Gasteiger partial charge in [0.05, 0.1) is 0 Å². The average Bonchev–Trinajstić information content (AvgIpc) is 3.55. The lowest BCUT2D eigenvalue weighted by atomic mass is 9.52. The van der Waals surface area contributed by atoms with Crippen molar-refractivity contribution in [3.63, 3.8) is 0 Å². The van der Waals surface area contributed by atoms with Crippen LogP contribution in [0.4, 0.5) is 17.1 Å². The summed E-state index contributed by atoms with van der Waals surface area (Å²) in [5.74, 6) is 0. The molecule has 11 rings (SSSR count). The molecular formula is C48H37BN2. The first-order valence-electron chi connectivity index (χ1n) is 18.4. The highest BCUT2D eigenvalue weighted by atomic mass is 15.3. The van der Waals surface area contributed by atoms with E-state index in [1.54, 1.807) is 0 Å². The maximum absolute atomic E-state index is 3.61. The molecule has 2 aliphatic heterocycles. The van der Waals surface area contributed by atoms with Gasteiger partial charge in [0.1, 0.15) is 0 Å². The highest BCUT2D eigenvalue weighted by Gasteiger charge is 2.51. The summed E-state index contributed by atoms with van der Waals surface area (Å²) in [5.41, 5.74) is 29.2. The minimum absolute atomic E-state index is 0.0989. The molecule has 51 heavy (non-hydrogen) atoms. The van der Waals surface area contributed by atoms with E-state index in [0.29, 0.717) is 0 Å². The lowest BCUT2D eigenvalue weighted by Gasteiger charge is -2.49. The van der Waals surface area contributed by atoms with Gasteiger partial charge in [0.15, 0.2) is 0 Å². The molecule has 0 spiro atoms. The Morgan fingerprint density at radius 3 is 2.10 bits per heavy atom. The van der Waals surface area contributed by atoms with Crippen LogP contribution in [0.5, 0.6) is 0 Å². The van der Waals surface area contributed by atoms with Gasteiger partial charge in [0.25, 0.3) is 0 Å². The third kappa shape index (κ3) is 3.60. The Bertz CT molecular complexity index is 2630. The molecular weight excluding hydrogens is 615 g/mol. The van der Waals surface area contributed by atoms with Gasteiger partial charge in [-0.05, 0) is 93.2 Å². The summed E-state index contributed by atoms with van der Waals surface area (Å²) in [5, 5.41) is 0. The molecule has 0 unspecified atom stereocenters. The topological polar surface area (TPSA) is 6.48 Å². The van der Waals surface area contributed by atoms with E-state index in [0.717, 1.165) is 12.8 Å². The number of hydrogen-bond donors (Lipinski definition) is 0. The van der Waals surface area contributed by atoms with Crippen molar-refractivity contribution < 1.29 is 0 Å². The molecule has 0 radical (unpaired) electrons. The zero-order valence-corrected chi connectivity index (χ0v) is 29.5. The maximum atomic E-state index is 3.61. The zero-order valence-electron chi connectivity index (χ0n) is 29.5. The first kappa shape index (κ1) is 29.1. The number of hydrogen-bond acceptors (Lipinski definition) is 2. The van der Waals surface area contributed by atoms with E-state index in [-0.39, 0.29) is 17.8 Å². The van der Waals surface area contributed by atoms with Crippen LogP contribution in [0, 0.1) is 0 Å². The molecule has 0 saturated carbocycles. The molecule has 5 aromatic carbocycles. The van der Waals surface area contributed by atoms with Crippen molar-refractivity contribution in [2.75, 3.05) is 9.62 Å². The van der Waals surface area contributed by atoms with Crippen molar-refractivity contribution in [1.29, 1.82) is 0 Å². The Balaban J connectivity index is 1.27. The molecule has 0 atom stereocenters. The quantitative estimate of drug-likeness (QED) is 0.138. The molecule has 0 N–H and O–H groups in total. The molecule has 3 heteroatoms. The van der Waals surface area contributed by atoms with Crippen molar-refractivity contribution in [3.8, 4) is 22.3 Å². The summed E-state index contributed by atoms with van der Waals surface area (Å²) in [6.07, 6.45) is 11.0. The van der Waals surface area contributed by atoms with Crippen molar-refractivity contribution >= 4 is 40.7 Å². The fourth-order valence-electron chi connectivity index (χ4n) is 10.3. The second-order valence-corrected chi connectivity index (χ2v) is 15.8. The average molecular weight is 653 g/mol. The predicted octanol–water partition coefficient (Wildman–Crippen LogP) is 11.0. The van der Waals surface area contributed by atoms with Crippen LogP contribution in [0.2, 0.25) is 0 Å².